The van der Waals surface area contributed by atoms with Crippen LogP contribution in [0.5, 0.6) is 0 Å². The number of halogens is 1. The van der Waals surface area contributed by atoms with Gasteiger partial charge in [0.15, 0.2) is 0 Å². The number of amides is 2. The zero-order valence-electron chi connectivity index (χ0n) is 14.7. The van der Waals surface area contributed by atoms with Gasteiger partial charge < -0.3 is 15.3 Å². The molecule has 0 aromatic heterocycles. The molecule has 0 aliphatic carbocycles. The topological polar surface area (TPSA) is 86.7 Å². The second-order valence-corrected chi connectivity index (χ2v) is 6.48. The van der Waals surface area contributed by atoms with Crippen LogP contribution in [0.3, 0.4) is 0 Å². The van der Waals surface area contributed by atoms with E-state index in [1.807, 2.05) is 0 Å². The number of nitrogens with zero attached hydrogens (tertiary/aromatic N) is 1. The molecule has 0 saturated carbocycles. The molecule has 3 rings (SSSR count). The van der Waals surface area contributed by atoms with E-state index in [1.54, 1.807) is 31.3 Å². The van der Waals surface area contributed by atoms with Crippen molar-refractivity contribution in [1.82, 2.24) is 5.32 Å². The van der Waals surface area contributed by atoms with E-state index in [0.717, 1.165) is 0 Å². The number of carbonyl (C=O) groups excluding carboxylic acids is 2. The van der Waals surface area contributed by atoms with E-state index in [-0.39, 0.29) is 18.7 Å². The van der Waals surface area contributed by atoms with Crippen molar-refractivity contribution in [3.05, 3.63) is 65.5 Å². The lowest BCUT2D eigenvalue weighted by atomic mass is 9.88. The van der Waals surface area contributed by atoms with Gasteiger partial charge >= 0.3 is 5.97 Å². The maximum Gasteiger partial charge on any atom is 0.305 e. The average Bonchev–Trinajstić information content (AvgIpc) is 2.64. The molecule has 7 heteroatoms. The Balaban J connectivity index is 1.87. The summed E-state index contributed by atoms with van der Waals surface area (Å²) in [5.41, 5.74) is 1.86. The number of fused-ring (bicyclic) bond motifs is 1. The summed E-state index contributed by atoms with van der Waals surface area (Å²) in [5, 5.41) is 11.9. The van der Waals surface area contributed by atoms with Crippen LogP contribution in [0.4, 0.5) is 10.1 Å². The molecule has 0 spiro atoms. The largest absolute Gasteiger partial charge is 0.481 e. The van der Waals surface area contributed by atoms with Crippen LogP contribution >= 0.6 is 0 Å². The van der Waals surface area contributed by atoms with Gasteiger partial charge in [0.25, 0.3) is 0 Å². The number of carboxylic acid groups (broad SMARTS) is 1. The van der Waals surface area contributed by atoms with E-state index < -0.39 is 29.7 Å². The third-order valence-corrected chi connectivity index (χ3v) is 4.71. The Morgan fingerprint density at radius 2 is 1.89 bits per heavy atom. The number of benzene rings is 2. The maximum absolute atomic E-state index is 13.2. The summed E-state index contributed by atoms with van der Waals surface area (Å²) in [6, 6.07) is 11.6. The van der Waals surface area contributed by atoms with Gasteiger partial charge in [-0.05, 0) is 29.3 Å². The van der Waals surface area contributed by atoms with Gasteiger partial charge in [0.05, 0.1) is 18.4 Å². The summed E-state index contributed by atoms with van der Waals surface area (Å²) in [4.78, 5) is 37.9. The van der Waals surface area contributed by atoms with Crippen LogP contribution in [0.2, 0.25) is 0 Å². The van der Waals surface area contributed by atoms with Crippen LogP contribution < -0.4 is 10.2 Å². The third-order valence-electron chi connectivity index (χ3n) is 4.71. The van der Waals surface area contributed by atoms with Crippen molar-refractivity contribution in [2.24, 2.45) is 0 Å². The molecule has 0 unspecified atom stereocenters. The summed E-state index contributed by atoms with van der Waals surface area (Å²) >= 11 is 0. The lowest BCUT2D eigenvalue weighted by molar-refractivity contribution is -0.138. The summed E-state index contributed by atoms with van der Waals surface area (Å²) in [6.07, 6.45) is -0.345. The second kappa shape index (κ2) is 7.57. The van der Waals surface area contributed by atoms with Crippen molar-refractivity contribution < 1.29 is 23.9 Å². The molecule has 27 heavy (non-hydrogen) atoms. The number of hydrogen-bond acceptors (Lipinski definition) is 3. The minimum Gasteiger partial charge on any atom is -0.481 e. The van der Waals surface area contributed by atoms with Crippen molar-refractivity contribution in [3.8, 4) is 0 Å². The van der Waals surface area contributed by atoms with Gasteiger partial charge in [-0.25, -0.2) is 4.39 Å². The normalized spacial score (nSPS) is 17.2. The first-order valence-electron chi connectivity index (χ1n) is 8.50. The molecule has 2 aromatic carbocycles. The van der Waals surface area contributed by atoms with E-state index in [1.165, 1.54) is 29.2 Å². The number of anilines is 1. The SMILES string of the molecule is CN1C(=O)C[C@@H](C(=O)N[C@@H](CC(=O)O)c2ccc(F)cc2)c2ccccc21. The smallest absolute Gasteiger partial charge is 0.305 e. The van der Waals surface area contributed by atoms with Crippen molar-refractivity contribution in [2.75, 3.05) is 11.9 Å². The van der Waals surface area contributed by atoms with Gasteiger partial charge in [-0.3, -0.25) is 14.4 Å². The third kappa shape index (κ3) is 3.97. The molecular weight excluding hydrogens is 351 g/mol. The number of rotatable bonds is 5. The fourth-order valence-electron chi connectivity index (χ4n) is 3.27. The predicted molar refractivity (Wildman–Crippen MR) is 96.7 cm³/mol. The second-order valence-electron chi connectivity index (χ2n) is 6.48. The molecule has 0 radical (unpaired) electrons. The van der Waals surface area contributed by atoms with Crippen LogP contribution in [-0.4, -0.2) is 29.9 Å². The van der Waals surface area contributed by atoms with Crippen LogP contribution in [-0.2, 0) is 14.4 Å². The Bertz CT molecular complexity index is 882. The van der Waals surface area contributed by atoms with Crippen LogP contribution in [0.15, 0.2) is 48.5 Å². The van der Waals surface area contributed by atoms with Gasteiger partial charge in [0, 0.05) is 19.2 Å². The first-order chi connectivity index (χ1) is 12.9. The van der Waals surface area contributed by atoms with Gasteiger partial charge in [0.1, 0.15) is 5.82 Å². The maximum atomic E-state index is 13.2. The number of nitrogens with one attached hydrogen (secondary N) is 1. The first kappa shape index (κ1) is 18.6. The average molecular weight is 370 g/mol. The lowest BCUT2D eigenvalue weighted by Crippen LogP contribution is -2.40. The highest BCUT2D eigenvalue weighted by atomic mass is 19.1. The predicted octanol–water partition coefficient (Wildman–Crippen LogP) is 2.61. The Labute approximate surface area is 155 Å². The molecule has 2 N–H and O–H groups in total. The first-order valence-corrected chi connectivity index (χ1v) is 8.50. The summed E-state index contributed by atoms with van der Waals surface area (Å²) in [7, 11) is 1.65. The molecular formula is C20H19FN2O4. The molecule has 140 valence electrons. The van der Waals surface area contributed by atoms with Crippen molar-refractivity contribution in [1.29, 1.82) is 0 Å². The summed E-state index contributed by atoms with van der Waals surface area (Å²) in [5.74, 6) is -2.87. The number of aliphatic carboxylic acids is 1. The Kier molecular flexibility index (Phi) is 5.21. The van der Waals surface area contributed by atoms with E-state index in [9.17, 15) is 23.9 Å². The van der Waals surface area contributed by atoms with E-state index in [2.05, 4.69) is 5.32 Å². The van der Waals surface area contributed by atoms with Crippen molar-refractivity contribution in [3.63, 3.8) is 0 Å². The Morgan fingerprint density at radius 3 is 2.56 bits per heavy atom. The molecule has 2 aromatic rings. The van der Waals surface area contributed by atoms with E-state index >= 15 is 0 Å². The van der Waals surface area contributed by atoms with Crippen LogP contribution in [0.1, 0.15) is 35.9 Å². The molecule has 1 heterocycles. The quantitative estimate of drug-likeness (QED) is 0.847. The van der Waals surface area contributed by atoms with Gasteiger partial charge in [-0.2, -0.15) is 0 Å². The summed E-state index contributed by atoms with van der Waals surface area (Å²) in [6.45, 7) is 0. The highest BCUT2D eigenvalue weighted by molar-refractivity contribution is 6.02. The summed E-state index contributed by atoms with van der Waals surface area (Å²) < 4.78 is 13.2. The molecule has 0 saturated heterocycles. The van der Waals surface area contributed by atoms with Gasteiger partial charge in [0.2, 0.25) is 11.8 Å². The zero-order chi connectivity index (χ0) is 19.6. The number of hydrogen-bond donors (Lipinski definition) is 2. The van der Waals surface area contributed by atoms with E-state index in [4.69, 9.17) is 0 Å². The Morgan fingerprint density at radius 1 is 1.22 bits per heavy atom. The molecule has 0 fully saturated rings. The highest BCUT2D eigenvalue weighted by Crippen LogP contribution is 2.35. The Hall–Kier alpha value is -3.22. The molecule has 1 aliphatic heterocycles. The van der Waals surface area contributed by atoms with Crippen LogP contribution in [0.25, 0.3) is 0 Å². The molecule has 2 amide bonds. The monoisotopic (exact) mass is 370 g/mol. The number of carbonyl (C=O) groups is 3. The van der Waals surface area contributed by atoms with Crippen molar-refractivity contribution in [2.45, 2.75) is 24.8 Å². The fourth-order valence-corrected chi connectivity index (χ4v) is 3.27. The highest BCUT2D eigenvalue weighted by Gasteiger charge is 2.34. The lowest BCUT2D eigenvalue weighted by Gasteiger charge is -2.31. The van der Waals surface area contributed by atoms with Crippen molar-refractivity contribution >= 4 is 23.5 Å². The standard InChI is InChI=1S/C20H19FN2O4/c1-23-17-5-3-2-4-14(17)15(10-18(23)24)20(27)22-16(11-19(25)26)12-6-8-13(21)9-7-12/h2-9,15-16H,10-11H2,1H3,(H,22,27)(H,25,26)/t15-,16+/m1/s1. The molecule has 1 aliphatic rings. The van der Waals surface area contributed by atoms with Gasteiger partial charge in [-0.15, -0.1) is 0 Å². The van der Waals surface area contributed by atoms with Gasteiger partial charge in [-0.1, -0.05) is 30.3 Å². The van der Waals surface area contributed by atoms with Crippen LogP contribution in [0, 0.1) is 5.82 Å². The molecule has 0 bridgehead atoms. The number of para-hydroxylation sites is 1. The molecule has 6 nitrogen and oxygen atoms in total. The zero-order valence-corrected chi connectivity index (χ0v) is 14.7. The minimum atomic E-state index is -1.09. The molecule has 2 atom stereocenters. The minimum absolute atomic E-state index is 0.00254. The van der Waals surface area contributed by atoms with E-state index in [0.29, 0.717) is 16.8 Å². The fraction of sp³-hybridized carbons (Fsp3) is 0.250. The number of carboxylic acids is 1.